The van der Waals surface area contributed by atoms with Crippen LogP contribution in [0.4, 0.5) is 0 Å². The first-order valence-corrected chi connectivity index (χ1v) is 5.91. The largest absolute Gasteiger partial charge is 0.482 e. The Kier molecular flexibility index (Phi) is 4.30. The van der Waals surface area contributed by atoms with E-state index < -0.39 is 0 Å². The van der Waals surface area contributed by atoms with Crippen molar-refractivity contribution in [2.75, 3.05) is 6.61 Å². The lowest BCUT2D eigenvalue weighted by Gasteiger charge is -2.08. The molecule has 0 aliphatic carbocycles. The second kappa shape index (κ2) is 6.14. The smallest absolute Gasteiger partial charge is 0.258 e. The quantitative estimate of drug-likeness (QED) is 0.848. The first kappa shape index (κ1) is 13.3. The molecule has 1 aromatic carbocycles. The van der Waals surface area contributed by atoms with Crippen molar-refractivity contribution in [2.45, 2.75) is 13.5 Å². The number of nitrogens with one attached hydrogen (secondary N) is 2. The SMILES string of the molecule is Cc1ccc(Cl)c(OCC(=O)NCc2nn[nH]n2)c1. The fourth-order valence-electron chi connectivity index (χ4n) is 1.35. The Morgan fingerprint density at radius 2 is 2.37 bits per heavy atom. The van der Waals surface area contributed by atoms with Crippen LogP contribution in [0.25, 0.3) is 0 Å². The fourth-order valence-corrected chi connectivity index (χ4v) is 1.52. The molecule has 100 valence electrons. The first-order chi connectivity index (χ1) is 9.15. The average Bonchev–Trinajstić information content (AvgIpc) is 2.90. The number of aromatic amines is 1. The summed E-state index contributed by atoms with van der Waals surface area (Å²) in [5.41, 5.74) is 1.01. The van der Waals surface area contributed by atoms with Gasteiger partial charge in [0.05, 0.1) is 11.6 Å². The summed E-state index contributed by atoms with van der Waals surface area (Å²) in [5.74, 6) is 0.598. The van der Waals surface area contributed by atoms with Crippen molar-refractivity contribution >= 4 is 17.5 Å². The molecule has 0 spiro atoms. The van der Waals surface area contributed by atoms with Crippen molar-refractivity contribution in [3.63, 3.8) is 0 Å². The minimum absolute atomic E-state index is 0.124. The maximum Gasteiger partial charge on any atom is 0.258 e. The molecule has 0 unspecified atom stereocenters. The van der Waals surface area contributed by atoms with Crippen LogP contribution >= 0.6 is 11.6 Å². The van der Waals surface area contributed by atoms with Crippen molar-refractivity contribution in [1.29, 1.82) is 0 Å². The summed E-state index contributed by atoms with van der Waals surface area (Å²) in [5, 5.41) is 16.2. The normalized spacial score (nSPS) is 10.2. The van der Waals surface area contributed by atoms with E-state index >= 15 is 0 Å². The zero-order valence-electron chi connectivity index (χ0n) is 10.2. The van der Waals surface area contributed by atoms with E-state index in [1.807, 2.05) is 13.0 Å². The molecule has 0 radical (unpaired) electrons. The van der Waals surface area contributed by atoms with Gasteiger partial charge in [-0.3, -0.25) is 4.79 Å². The molecule has 2 rings (SSSR count). The van der Waals surface area contributed by atoms with Gasteiger partial charge in [-0.25, -0.2) is 0 Å². The Hall–Kier alpha value is -2.15. The number of nitrogens with zero attached hydrogens (tertiary/aromatic N) is 3. The molecule has 2 N–H and O–H groups in total. The van der Waals surface area contributed by atoms with E-state index in [0.29, 0.717) is 16.6 Å². The van der Waals surface area contributed by atoms with Gasteiger partial charge in [0.2, 0.25) is 0 Å². The Morgan fingerprint density at radius 1 is 1.53 bits per heavy atom. The minimum Gasteiger partial charge on any atom is -0.482 e. The van der Waals surface area contributed by atoms with Crippen molar-refractivity contribution in [1.82, 2.24) is 25.9 Å². The number of hydrogen-bond donors (Lipinski definition) is 2. The highest BCUT2D eigenvalue weighted by molar-refractivity contribution is 6.32. The van der Waals surface area contributed by atoms with Gasteiger partial charge in [0.1, 0.15) is 5.75 Å². The van der Waals surface area contributed by atoms with Gasteiger partial charge in [-0.15, -0.1) is 10.2 Å². The molecule has 2 aromatic rings. The zero-order chi connectivity index (χ0) is 13.7. The number of carbonyl (C=O) groups is 1. The van der Waals surface area contributed by atoms with Gasteiger partial charge in [-0.05, 0) is 24.6 Å². The summed E-state index contributed by atoms with van der Waals surface area (Å²) in [7, 11) is 0. The van der Waals surface area contributed by atoms with E-state index in [9.17, 15) is 4.79 Å². The molecule has 0 aliphatic rings. The molecule has 8 heteroatoms. The second-order valence-corrected chi connectivity index (χ2v) is 4.23. The van der Waals surface area contributed by atoms with Gasteiger partial charge >= 0.3 is 0 Å². The van der Waals surface area contributed by atoms with E-state index in [1.54, 1.807) is 12.1 Å². The molecule has 0 bridgehead atoms. The fraction of sp³-hybridized carbons (Fsp3) is 0.273. The van der Waals surface area contributed by atoms with E-state index in [4.69, 9.17) is 16.3 Å². The molecule has 19 heavy (non-hydrogen) atoms. The van der Waals surface area contributed by atoms with Crippen LogP contribution in [0.3, 0.4) is 0 Å². The van der Waals surface area contributed by atoms with Crippen LogP contribution in [-0.2, 0) is 11.3 Å². The van der Waals surface area contributed by atoms with Crippen molar-refractivity contribution in [2.24, 2.45) is 0 Å². The number of ether oxygens (including phenoxy) is 1. The lowest BCUT2D eigenvalue weighted by atomic mass is 10.2. The molecule has 1 heterocycles. The van der Waals surface area contributed by atoms with Gasteiger partial charge in [0.25, 0.3) is 5.91 Å². The number of aromatic nitrogens is 4. The lowest BCUT2D eigenvalue weighted by Crippen LogP contribution is -2.28. The third-order valence-corrected chi connectivity index (χ3v) is 2.59. The zero-order valence-corrected chi connectivity index (χ0v) is 10.9. The molecule has 0 aliphatic heterocycles. The van der Waals surface area contributed by atoms with E-state index in [1.165, 1.54) is 0 Å². The maximum absolute atomic E-state index is 11.5. The number of halogens is 1. The van der Waals surface area contributed by atoms with Gasteiger partial charge in [0.15, 0.2) is 12.4 Å². The predicted octanol–water partition coefficient (Wildman–Crippen LogP) is 0.857. The van der Waals surface area contributed by atoms with Gasteiger partial charge < -0.3 is 10.1 Å². The highest BCUT2D eigenvalue weighted by Crippen LogP contribution is 2.24. The van der Waals surface area contributed by atoms with Crippen LogP contribution in [0.2, 0.25) is 5.02 Å². The van der Waals surface area contributed by atoms with Crippen LogP contribution < -0.4 is 10.1 Å². The molecule has 1 aromatic heterocycles. The highest BCUT2D eigenvalue weighted by atomic mass is 35.5. The summed E-state index contributed by atoms with van der Waals surface area (Å²) in [6.07, 6.45) is 0. The van der Waals surface area contributed by atoms with Crippen molar-refractivity contribution in [3.05, 3.63) is 34.6 Å². The van der Waals surface area contributed by atoms with E-state index in [0.717, 1.165) is 5.56 Å². The van der Waals surface area contributed by atoms with Crippen molar-refractivity contribution < 1.29 is 9.53 Å². The topological polar surface area (TPSA) is 92.8 Å². The molecule has 0 atom stereocenters. The first-order valence-electron chi connectivity index (χ1n) is 5.53. The number of rotatable bonds is 5. The second-order valence-electron chi connectivity index (χ2n) is 3.83. The van der Waals surface area contributed by atoms with Crippen LogP contribution in [0.5, 0.6) is 5.75 Å². The van der Waals surface area contributed by atoms with E-state index in [-0.39, 0.29) is 19.1 Å². The van der Waals surface area contributed by atoms with Crippen LogP contribution in [0.15, 0.2) is 18.2 Å². The third kappa shape index (κ3) is 3.92. The Morgan fingerprint density at radius 3 is 3.11 bits per heavy atom. The molecule has 0 saturated carbocycles. The van der Waals surface area contributed by atoms with Crippen molar-refractivity contribution in [3.8, 4) is 5.75 Å². The third-order valence-electron chi connectivity index (χ3n) is 2.28. The number of amides is 1. The highest BCUT2D eigenvalue weighted by Gasteiger charge is 2.07. The standard InChI is InChI=1S/C11H12ClN5O2/c1-7-2-3-8(12)9(4-7)19-6-11(18)13-5-10-14-16-17-15-10/h2-4H,5-6H2,1H3,(H,13,18)(H,14,15,16,17). The molecule has 0 saturated heterocycles. The molecule has 1 amide bonds. The maximum atomic E-state index is 11.5. The number of benzene rings is 1. The van der Waals surface area contributed by atoms with Gasteiger partial charge in [0, 0.05) is 0 Å². The van der Waals surface area contributed by atoms with Gasteiger partial charge in [-0.2, -0.15) is 5.21 Å². The summed E-state index contributed by atoms with van der Waals surface area (Å²) < 4.78 is 5.34. The molecule has 0 fully saturated rings. The number of hydrogen-bond acceptors (Lipinski definition) is 5. The lowest BCUT2D eigenvalue weighted by molar-refractivity contribution is -0.123. The summed E-state index contributed by atoms with van der Waals surface area (Å²) >= 11 is 5.95. The monoisotopic (exact) mass is 281 g/mol. The number of carbonyl (C=O) groups excluding carboxylic acids is 1. The Labute approximate surface area is 114 Å². The predicted molar refractivity (Wildman–Crippen MR) is 67.7 cm³/mol. The van der Waals surface area contributed by atoms with E-state index in [2.05, 4.69) is 25.9 Å². The summed E-state index contributed by atoms with van der Waals surface area (Å²) in [4.78, 5) is 11.5. The minimum atomic E-state index is -0.289. The van der Waals surface area contributed by atoms with Crippen LogP contribution in [0.1, 0.15) is 11.4 Å². The molecular formula is C11H12ClN5O2. The number of aryl methyl sites for hydroxylation is 1. The summed E-state index contributed by atoms with van der Waals surface area (Å²) in [6, 6.07) is 5.36. The molecule has 7 nitrogen and oxygen atoms in total. The Bertz CT molecular complexity index is 558. The average molecular weight is 282 g/mol. The molecular weight excluding hydrogens is 270 g/mol. The van der Waals surface area contributed by atoms with Crippen LogP contribution in [-0.4, -0.2) is 33.1 Å². The Balaban J connectivity index is 1.81. The van der Waals surface area contributed by atoms with Crippen LogP contribution in [0, 0.1) is 6.92 Å². The number of H-pyrrole nitrogens is 1. The van der Waals surface area contributed by atoms with Gasteiger partial charge in [-0.1, -0.05) is 22.9 Å². The summed E-state index contributed by atoms with van der Waals surface area (Å²) in [6.45, 7) is 1.99. The number of tetrazole rings is 1.